The predicted molar refractivity (Wildman–Crippen MR) is 64.1 cm³/mol. The van der Waals surface area contributed by atoms with Gasteiger partial charge in [0.05, 0.1) is 6.67 Å². The second-order valence-electron chi connectivity index (χ2n) is 4.83. The normalized spacial score (nSPS) is 29.6. The zero-order valence-electron chi connectivity index (χ0n) is 9.49. The molecule has 3 atom stereocenters. The van der Waals surface area contributed by atoms with Gasteiger partial charge in [0, 0.05) is 19.2 Å². The van der Waals surface area contributed by atoms with Crippen molar-refractivity contribution in [1.82, 2.24) is 15.4 Å². The fraction of sp³-hybridized carbons (Fsp3) is 0.545. The topological polar surface area (TPSA) is 55.1 Å². The molecule has 1 saturated heterocycles. The van der Waals surface area contributed by atoms with Crippen LogP contribution >= 0.6 is 11.3 Å². The zero-order chi connectivity index (χ0) is 12.1. The number of aromatic nitrogens is 3. The average molecular weight is 266 g/mol. The Hall–Kier alpha value is -1.50. The van der Waals surface area contributed by atoms with Gasteiger partial charge in [0.25, 0.3) is 0 Å². The van der Waals surface area contributed by atoms with Crippen LogP contribution in [0.5, 0.6) is 0 Å². The molecule has 7 heteroatoms. The monoisotopic (exact) mass is 266 g/mol. The molecule has 94 valence electrons. The van der Waals surface area contributed by atoms with E-state index < -0.39 is 0 Å². The number of anilines is 1. The van der Waals surface area contributed by atoms with Gasteiger partial charge in [-0.15, -0.1) is 10.2 Å². The van der Waals surface area contributed by atoms with E-state index in [1.165, 1.54) is 17.6 Å². The highest BCUT2D eigenvalue weighted by atomic mass is 32.1. The lowest BCUT2D eigenvalue weighted by Crippen LogP contribution is -2.24. The molecular weight excluding hydrogens is 255 g/mol. The number of rotatable bonds is 3. The van der Waals surface area contributed by atoms with E-state index in [-0.39, 0.29) is 6.67 Å². The van der Waals surface area contributed by atoms with Gasteiger partial charge in [0.1, 0.15) is 12.0 Å². The van der Waals surface area contributed by atoms with Crippen LogP contribution in [0.4, 0.5) is 9.52 Å². The lowest BCUT2D eigenvalue weighted by atomic mass is 10.3. The summed E-state index contributed by atoms with van der Waals surface area (Å²) in [6.07, 6.45) is 1.52. The fourth-order valence-electron chi connectivity index (χ4n) is 2.80. The third-order valence-corrected chi connectivity index (χ3v) is 4.90. The molecule has 0 bridgehead atoms. The van der Waals surface area contributed by atoms with Crippen LogP contribution in [-0.4, -0.2) is 35.1 Å². The van der Waals surface area contributed by atoms with Gasteiger partial charge in [-0.05, 0) is 17.8 Å². The molecule has 2 aromatic heterocycles. The number of alkyl halides is 1. The number of piperidine rings is 1. The Morgan fingerprint density at radius 1 is 1.39 bits per heavy atom. The van der Waals surface area contributed by atoms with Crippen LogP contribution < -0.4 is 4.90 Å². The van der Waals surface area contributed by atoms with Crippen LogP contribution in [0.1, 0.15) is 0 Å². The van der Waals surface area contributed by atoms with Gasteiger partial charge in [-0.2, -0.15) is 0 Å². The van der Waals surface area contributed by atoms with E-state index in [1.807, 2.05) is 0 Å². The predicted octanol–water partition coefficient (Wildman–Crippen LogP) is 1.84. The van der Waals surface area contributed by atoms with Crippen molar-refractivity contribution in [3.8, 4) is 10.7 Å². The van der Waals surface area contributed by atoms with Crippen LogP contribution in [0.25, 0.3) is 10.7 Å². The van der Waals surface area contributed by atoms with Crippen molar-refractivity contribution in [2.24, 2.45) is 17.8 Å². The summed E-state index contributed by atoms with van der Waals surface area (Å²) in [7, 11) is 0. The van der Waals surface area contributed by atoms with Crippen molar-refractivity contribution in [2.45, 2.75) is 0 Å². The molecular formula is C11H11FN4OS. The van der Waals surface area contributed by atoms with Gasteiger partial charge in [0.15, 0.2) is 5.01 Å². The highest BCUT2D eigenvalue weighted by Crippen LogP contribution is 2.53. The Labute approximate surface area is 107 Å². The van der Waals surface area contributed by atoms with Crippen LogP contribution in [0.15, 0.2) is 16.9 Å². The zero-order valence-corrected chi connectivity index (χ0v) is 10.3. The molecule has 2 aromatic rings. The van der Waals surface area contributed by atoms with Crippen LogP contribution in [0, 0.1) is 17.8 Å². The first-order valence-corrected chi connectivity index (χ1v) is 6.73. The first-order chi connectivity index (χ1) is 8.86. The molecule has 0 N–H and O–H groups in total. The first-order valence-electron chi connectivity index (χ1n) is 5.92. The maximum absolute atomic E-state index is 12.6. The summed E-state index contributed by atoms with van der Waals surface area (Å²) in [6, 6.07) is 1.77. The lowest BCUT2D eigenvalue weighted by molar-refractivity contribution is 0.421. The minimum atomic E-state index is -0.177. The molecule has 5 nitrogen and oxygen atoms in total. The van der Waals surface area contributed by atoms with E-state index in [9.17, 15) is 4.39 Å². The van der Waals surface area contributed by atoms with Gasteiger partial charge < -0.3 is 9.42 Å². The summed E-state index contributed by atoms with van der Waals surface area (Å²) in [5.41, 5.74) is 0.713. The maximum Gasteiger partial charge on any atom is 0.208 e. The number of fused-ring (bicyclic) bond motifs is 1. The third-order valence-electron chi connectivity index (χ3n) is 3.89. The van der Waals surface area contributed by atoms with Gasteiger partial charge in [-0.25, -0.2) is 0 Å². The molecule has 0 aromatic carbocycles. The molecule has 0 amide bonds. The first kappa shape index (κ1) is 10.4. The summed E-state index contributed by atoms with van der Waals surface area (Å²) >= 11 is 1.51. The summed E-state index contributed by atoms with van der Waals surface area (Å²) in [6.45, 7) is 1.64. The minimum absolute atomic E-state index is 0.177. The Balaban J connectivity index is 1.51. The van der Waals surface area contributed by atoms with E-state index in [1.54, 1.807) is 6.07 Å². The summed E-state index contributed by atoms with van der Waals surface area (Å²) in [5, 5.41) is 13.8. The Bertz CT molecular complexity index is 545. The van der Waals surface area contributed by atoms with Crippen LogP contribution in [-0.2, 0) is 0 Å². The van der Waals surface area contributed by atoms with Crippen LogP contribution in [0.2, 0.25) is 0 Å². The molecule has 0 spiro atoms. The second kappa shape index (κ2) is 3.74. The summed E-state index contributed by atoms with van der Waals surface area (Å²) in [5.74, 6) is 1.34. The Morgan fingerprint density at radius 2 is 2.22 bits per heavy atom. The molecule has 1 unspecified atom stereocenters. The quantitative estimate of drug-likeness (QED) is 0.848. The molecule has 18 heavy (non-hydrogen) atoms. The number of halogens is 1. The smallest absolute Gasteiger partial charge is 0.208 e. The second-order valence-corrected chi connectivity index (χ2v) is 5.78. The van der Waals surface area contributed by atoms with Gasteiger partial charge in [-0.3, -0.25) is 4.39 Å². The average Bonchev–Trinajstić information content (AvgIpc) is 2.94. The van der Waals surface area contributed by atoms with Crippen molar-refractivity contribution in [2.75, 3.05) is 24.7 Å². The van der Waals surface area contributed by atoms with Gasteiger partial charge >= 0.3 is 0 Å². The molecule has 1 aliphatic carbocycles. The van der Waals surface area contributed by atoms with Gasteiger partial charge in [0.2, 0.25) is 5.13 Å². The molecule has 0 radical (unpaired) electrons. The van der Waals surface area contributed by atoms with Crippen molar-refractivity contribution >= 4 is 16.5 Å². The number of hydrogen-bond acceptors (Lipinski definition) is 6. The highest BCUT2D eigenvalue weighted by molar-refractivity contribution is 7.18. The number of nitrogens with zero attached hydrogens (tertiary/aromatic N) is 4. The molecule has 4 rings (SSSR count). The molecule has 2 fully saturated rings. The van der Waals surface area contributed by atoms with Gasteiger partial charge in [-0.1, -0.05) is 16.5 Å². The van der Waals surface area contributed by atoms with E-state index in [2.05, 4.69) is 20.3 Å². The Morgan fingerprint density at radius 3 is 2.89 bits per heavy atom. The largest absolute Gasteiger partial charge is 0.364 e. The van der Waals surface area contributed by atoms with Crippen molar-refractivity contribution in [3.05, 3.63) is 12.3 Å². The van der Waals surface area contributed by atoms with E-state index in [4.69, 9.17) is 4.52 Å². The van der Waals surface area contributed by atoms with E-state index in [0.29, 0.717) is 23.4 Å². The summed E-state index contributed by atoms with van der Waals surface area (Å²) in [4.78, 5) is 2.20. The molecule has 1 saturated carbocycles. The lowest BCUT2D eigenvalue weighted by Gasteiger charge is -2.16. The minimum Gasteiger partial charge on any atom is -0.364 e. The Kier molecular flexibility index (Phi) is 2.17. The maximum atomic E-state index is 12.6. The summed E-state index contributed by atoms with van der Waals surface area (Å²) < 4.78 is 17.3. The highest BCUT2D eigenvalue weighted by Gasteiger charge is 2.56. The molecule has 3 heterocycles. The molecule has 1 aliphatic heterocycles. The van der Waals surface area contributed by atoms with E-state index >= 15 is 0 Å². The number of hydrogen-bond donors (Lipinski definition) is 0. The standard InChI is InChI=1S/C11H11FN4OS/c12-3-6-7-4-16(5-8(6)7)11-14-13-10(18-11)9-1-2-17-15-9/h1-2,6-8H,3-5H2/t6?,7-,8+. The van der Waals surface area contributed by atoms with E-state index in [0.717, 1.165) is 23.2 Å². The SMILES string of the molecule is FCC1[C@H]2CN(c3nnc(-c4ccon4)s3)C[C@@H]12. The third kappa shape index (κ3) is 1.46. The van der Waals surface area contributed by atoms with Crippen LogP contribution in [0.3, 0.4) is 0 Å². The van der Waals surface area contributed by atoms with Crippen molar-refractivity contribution < 1.29 is 8.91 Å². The molecule has 2 aliphatic rings. The fourth-order valence-corrected chi connectivity index (χ4v) is 3.63. The van der Waals surface area contributed by atoms with Crippen molar-refractivity contribution in [3.63, 3.8) is 0 Å². The van der Waals surface area contributed by atoms with Crippen molar-refractivity contribution in [1.29, 1.82) is 0 Å².